The number of primary amides is 1. The van der Waals surface area contributed by atoms with Crippen molar-refractivity contribution in [2.24, 2.45) is 5.73 Å². The van der Waals surface area contributed by atoms with Gasteiger partial charge in [-0.3, -0.25) is 9.69 Å². The summed E-state index contributed by atoms with van der Waals surface area (Å²) in [4.78, 5) is 39.9. The summed E-state index contributed by atoms with van der Waals surface area (Å²) in [6, 6.07) is 12.4. The summed E-state index contributed by atoms with van der Waals surface area (Å²) >= 11 is 5.96. The lowest BCUT2D eigenvalue weighted by Gasteiger charge is -2.38. The van der Waals surface area contributed by atoms with Crippen LogP contribution in [0.4, 0.5) is 10.5 Å². The van der Waals surface area contributed by atoms with Crippen LogP contribution in [-0.4, -0.2) is 61.0 Å². The normalized spacial score (nSPS) is 15.3. The second-order valence-electron chi connectivity index (χ2n) is 6.87. The molecule has 1 fully saturated rings. The van der Waals surface area contributed by atoms with Gasteiger partial charge in [-0.15, -0.1) is 0 Å². The maximum Gasteiger partial charge on any atom is 0.327 e. The van der Waals surface area contributed by atoms with E-state index in [1.807, 2.05) is 17.0 Å². The van der Waals surface area contributed by atoms with E-state index in [1.54, 1.807) is 41.3 Å². The first kappa shape index (κ1) is 21.6. The van der Waals surface area contributed by atoms with Crippen molar-refractivity contribution in [2.45, 2.75) is 6.04 Å². The highest BCUT2D eigenvalue weighted by molar-refractivity contribution is 6.30. The SMILES string of the molecule is COC(=O)C(c1ccc(Cl)cc1)N1CCN(C(=O)c2ccc(NC(N)=O)cc2)CC1. The standard InChI is InChI=1S/C21H23ClN4O4/c1-30-20(28)18(14-2-6-16(22)7-3-14)25-10-12-26(13-11-25)19(27)15-4-8-17(9-5-15)24-21(23)29/h2-9,18H,10-13H2,1H3,(H3,23,24,29). The van der Waals surface area contributed by atoms with Gasteiger partial charge in [-0.1, -0.05) is 23.7 Å². The summed E-state index contributed by atoms with van der Waals surface area (Å²) in [6.45, 7) is 1.99. The third-order valence-corrected chi connectivity index (χ3v) is 5.23. The zero-order valence-electron chi connectivity index (χ0n) is 16.5. The van der Waals surface area contributed by atoms with Gasteiger partial charge >= 0.3 is 12.0 Å². The number of ether oxygens (including phenoxy) is 1. The molecule has 1 atom stereocenters. The molecule has 0 aromatic heterocycles. The number of hydrogen-bond acceptors (Lipinski definition) is 5. The molecular formula is C21H23ClN4O4. The molecule has 9 heteroatoms. The Hall–Kier alpha value is -3.10. The predicted octanol–water partition coefficient (Wildman–Crippen LogP) is 2.50. The van der Waals surface area contributed by atoms with Crippen LogP contribution in [0.2, 0.25) is 5.02 Å². The van der Waals surface area contributed by atoms with Gasteiger partial charge in [0.05, 0.1) is 7.11 Å². The first-order valence-corrected chi connectivity index (χ1v) is 9.80. The predicted molar refractivity (Wildman–Crippen MR) is 113 cm³/mol. The van der Waals surface area contributed by atoms with Crippen molar-refractivity contribution in [1.82, 2.24) is 9.80 Å². The molecule has 1 unspecified atom stereocenters. The first-order valence-electron chi connectivity index (χ1n) is 9.42. The van der Waals surface area contributed by atoms with E-state index in [0.717, 1.165) is 5.56 Å². The lowest BCUT2D eigenvalue weighted by molar-refractivity contribution is -0.148. The first-order chi connectivity index (χ1) is 14.4. The molecule has 30 heavy (non-hydrogen) atoms. The van der Waals surface area contributed by atoms with Crippen LogP contribution in [0.3, 0.4) is 0 Å². The summed E-state index contributed by atoms with van der Waals surface area (Å²) in [5.41, 5.74) is 6.92. The minimum Gasteiger partial charge on any atom is -0.468 e. The van der Waals surface area contributed by atoms with Crippen molar-refractivity contribution >= 4 is 35.2 Å². The number of esters is 1. The van der Waals surface area contributed by atoms with Crippen molar-refractivity contribution in [3.63, 3.8) is 0 Å². The smallest absolute Gasteiger partial charge is 0.327 e. The molecule has 1 aliphatic heterocycles. The Morgan fingerprint density at radius 1 is 1.00 bits per heavy atom. The number of nitrogens with zero attached hydrogens (tertiary/aromatic N) is 2. The second-order valence-corrected chi connectivity index (χ2v) is 7.31. The van der Waals surface area contributed by atoms with E-state index in [2.05, 4.69) is 5.32 Å². The van der Waals surface area contributed by atoms with E-state index >= 15 is 0 Å². The Morgan fingerprint density at radius 2 is 1.60 bits per heavy atom. The fourth-order valence-electron chi connectivity index (χ4n) is 3.46. The number of rotatable bonds is 5. The van der Waals surface area contributed by atoms with Gasteiger partial charge in [0.15, 0.2) is 0 Å². The molecule has 1 heterocycles. The molecule has 3 N–H and O–H groups in total. The van der Waals surface area contributed by atoms with Crippen LogP contribution >= 0.6 is 11.6 Å². The van der Waals surface area contributed by atoms with Gasteiger partial charge in [-0.05, 0) is 42.0 Å². The molecule has 0 spiro atoms. The number of nitrogens with one attached hydrogen (secondary N) is 1. The molecule has 3 rings (SSSR count). The molecule has 0 aliphatic carbocycles. The monoisotopic (exact) mass is 430 g/mol. The Morgan fingerprint density at radius 3 is 2.13 bits per heavy atom. The fraction of sp³-hybridized carbons (Fsp3) is 0.286. The van der Waals surface area contributed by atoms with Gasteiger partial charge in [0.25, 0.3) is 5.91 Å². The highest BCUT2D eigenvalue weighted by Gasteiger charge is 2.32. The number of piperazine rings is 1. The number of hydrogen-bond donors (Lipinski definition) is 2. The van der Waals surface area contributed by atoms with Crippen LogP contribution < -0.4 is 11.1 Å². The minimum atomic E-state index is -0.661. The summed E-state index contributed by atoms with van der Waals surface area (Å²) in [7, 11) is 1.36. The zero-order chi connectivity index (χ0) is 21.7. The van der Waals surface area contributed by atoms with Gasteiger partial charge < -0.3 is 20.7 Å². The van der Waals surface area contributed by atoms with Gasteiger partial charge in [-0.2, -0.15) is 0 Å². The van der Waals surface area contributed by atoms with Gasteiger partial charge in [0.1, 0.15) is 6.04 Å². The van der Waals surface area contributed by atoms with Gasteiger partial charge in [-0.25, -0.2) is 9.59 Å². The lowest BCUT2D eigenvalue weighted by atomic mass is 10.0. The van der Waals surface area contributed by atoms with E-state index in [9.17, 15) is 14.4 Å². The average Bonchev–Trinajstić information content (AvgIpc) is 2.75. The van der Waals surface area contributed by atoms with E-state index in [4.69, 9.17) is 22.1 Å². The number of halogens is 1. The molecule has 158 valence electrons. The van der Waals surface area contributed by atoms with E-state index < -0.39 is 12.1 Å². The molecule has 1 aliphatic rings. The molecule has 0 saturated carbocycles. The Bertz CT molecular complexity index is 910. The summed E-state index contributed by atoms with van der Waals surface area (Å²) in [5, 5.41) is 3.05. The van der Waals surface area contributed by atoms with Crippen molar-refractivity contribution in [2.75, 3.05) is 38.6 Å². The van der Waals surface area contributed by atoms with E-state index in [0.29, 0.717) is 42.5 Å². The minimum absolute atomic E-state index is 0.110. The van der Waals surface area contributed by atoms with Crippen LogP contribution in [0, 0.1) is 0 Å². The maximum atomic E-state index is 12.8. The summed E-state index contributed by atoms with van der Waals surface area (Å²) < 4.78 is 5.00. The molecule has 8 nitrogen and oxygen atoms in total. The van der Waals surface area contributed by atoms with Gasteiger partial charge in [0.2, 0.25) is 0 Å². The molecule has 2 aromatic rings. The van der Waals surface area contributed by atoms with Crippen LogP contribution in [0.5, 0.6) is 0 Å². The largest absolute Gasteiger partial charge is 0.468 e. The molecular weight excluding hydrogens is 408 g/mol. The average molecular weight is 431 g/mol. The lowest BCUT2D eigenvalue weighted by Crippen LogP contribution is -2.51. The molecule has 3 amide bonds. The number of amides is 3. The van der Waals surface area contributed by atoms with Crippen molar-refractivity contribution < 1.29 is 19.1 Å². The van der Waals surface area contributed by atoms with E-state index in [1.165, 1.54) is 7.11 Å². The fourth-order valence-corrected chi connectivity index (χ4v) is 3.58. The third kappa shape index (κ3) is 5.08. The maximum absolute atomic E-state index is 12.8. The second kappa shape index (κ2) is 9.60. The third-order valence-electron chi connectivity index (χ3n) is 4.98. The molecule has 1 saturated heterocycles. The van der Waals surface area contributed by atoms with Crippen LogP contribution in [0.25, 0.3) is 0 Å². The number of anilines is 1. The molecule has 2 aromatic carbocycles. The van der Waals surface area contributed by atoms with E-state index in [-0.39, 0.29) is 11.9 Å². The Balaban J connectivity index is 1.66. The Kier molecular flexibility index (Phi) is 6.91. The molecule has 0 radical (unpaired) electrons. The van der Waals surface area contributed by atoms with Crippen LogP contribution in [-0.2, 0) is 9.53 Å². The summed E-state index contributed by atoms with van der Waals surface area (Å²) in [5.74, 6) is -0.462. The van der Waals surface area contributed by atoms with Crippen molar-refractivity contribution in [1.29, 1.82) is 0 Å². The topological polar surface area (TPSA) is 105 Å². The highest BCUT2D eigenvalue weighted by Crippen LogP contribution is 2.25. The number of urea groups is 1. The number of carbonyl (C=O) groups is 3. The number of benzene rings is 2. The number of methoxy groups -OCH3 is 1. The van der Waals surface area contributed by atoms with Crippen molar-refractivity contribution in [3.8, 4) is 0 Å². The van der Waals surface area contributed by atoms with Crippen molar-refractivity contribution in [3.05, 3.63) is 64.7 Å². The Labute approximate surface area is 179 Å². The summed E-state index contributed by atoms with van der Waals surface area (Å²) in [6.07, 6.45) is 0. The van der Waals surface area contributed by atoms with Gasteiger partial charge in [0, 0.05) is 42.5 Å². The van der Waals surface area contributed by atoms with Crippen LogP contribution in [0.15, 0.2) is 48.5 Å². The number of nitrogens with two attached hydrogens (primary N) is 1. The van der Waals surface area contributed by atoms with Crippen LogP contribution in [0.1, 0.15) is 22.0 Å². The zero-order valence-corrected chi connectivity index (χ0v) is 17.3. The molecule has 0 bridgehead atoms. The number of carbonyl (C=O) groups excluding carboxylic acids is 3. The quantitative estimate of drug-likeness (QED) is 0.709. The highest BCUT2D eigenvalue weighted by atomic mass is 35.5.